The minimum atomic E-state index is -0.118. The van der Waals surface area contributed by atoms with E-state index in [1.54, 1.807) is 6.07 Å². The van der Waals surface area contributed by atoms with Crippen LogP contribution in [0.1, 0.15) is 49.5 Å². The summed E-state index contributed by atoms with van der Waals surface area (Å²) in [4.78, 5) is 16.9. The Morgan fingerprint density at radius 1 is 1.17 bits per heavy atom. The second kappa shape index (κ2) is 7.73. The lowest BCUT2D eigenvalue weighted by Gasteiger charge is -2.34. The molecule has 0 aliphatic carbocycles. The first-order valence-corrected chi connectivity index (χ1v) is 8.89. The lowest BCUT2D eigenvalue weighted by Crippen LogP contribution is -2.46. The van der Waals surface area contributed by atoms with E-state index in [1.807, 2.05) is 6.07 Å². The number of aromatic nitrogens is 2. The third-order valence-corrected chi connectivity index (χ3v) is 4.97. The summed E-state index contributed by atoms with van der Waals surface area (Å²) in [7, 11) is 0. The first-order valence-electron chi connectivity index (χ1n) is 8.89. The van der Waals surface area contributed by atoms with Crippen molar-refractivity contribution in [1.29, 1.82) is 0 Å². The molecular formula is C17H27N5O. The van der Waals surface area contributed by atoms with E-state index in [0.29, 0.717) is 18.3 Å². The topological polar surface area (TPSA) is 61.4 Å². The molecule has 0 aromatic carbocycles. The lowest BCUT2D eigenvalue weighted by molar-refractivity contribution is 0.0912. The van der Waals surface area contributed by atoms with Crippen LogP contribution in [0.3, 0.4) is 0 Å². The van der Waals surface area contributed by atoms with E-state index in [4.69, 9.17) is 0 Å². The molecule has 0 spiro atoms. The van der Waals surface area contributed by atoms with Crippen LogP contribution in [0, 0.1) is 0 Å². The Morgan fingerprint density at radius 2 is 1.96 bits per heavy atom. The highest BCUT2D eigenvalue weighted by Gasteiger charge is 2.22. The number of piperidine rings is 1. The van der Waals surface area contributed by atoms with Crippen molar-refractivity contribution in [1.82, 2.24) is 20.4 Å². The van der Waals surface area contributed by atoms with Gasteiger partial charge in [-0.1, -0.05) is 13.3 Å². The maximum absolute atomic E-state index is 12.3. The SMILES string of the molecule is CCN1CCCCC1CNC(=O)c1ccc(N2CCCC2)nn1. The molecule has 2 fully saturated rings. The van der Waals surface area contributed by atoms with Crippen molar-refractivity contribution < 1.29 is 4.79 Å². The number of hydrogen-bond donors (Lipinski definition) is 1. The second-order valence-corrected chi connectivity index (χ2v) is 6.46. The van der Waals surface area contributed by atoms with Gasteiger partial charge in [-0.3, -0.25) is 9.69 Å². The maximum atomic E-state index is 12.3. The Balaban J connectivity index is 1.53. The summed E-state index contributed by atoms with van der Waals surface area (Å²) < 4.78 is 0. The molecule has 1 unspecified atom stereocenters. The largest absolute Gasteiger partial charge is 0.355 e. The smallest absolute Gasteiger partial charge is 0.271 e. The zero-order valence-corrected chi connectivity index (χ0v) is 14.0. The number of likely N-dealkylation sites (N-methyl/N-ethyl adjacent to an activating group) is 1. The highest BCUT2D eigenvalue weighted by molar-refractivity contribution is 5.92. The standard InChI is InChI=1S/C17H27N5O/c1-2-21-10-4-3-7-14(21)13-18-17(23)15-8-9-16(20-19-15)22-11-5-6-12-22/h8-9,14H,2-7,10-13H2,1H3,(H,18,23). The molecule has 1 atom stereocenters. The van der Waals surface area contributed by atoms with Gasteiger partial charge in [-0.25, -0.2) is 0 Å². The monoisotopic (exact) mass is 317 g/mol. The zero-order valence-electron chi connectivity index (χ0n) is 14.0. The molecule has 6 nitrogen and oxygen atoms in total. The molecular weight excluding hydrogens is 290 g/mol. The molecule has 1 aromatic rings. The van der Waals surface area contributed by atoms with Crippen molar-refractivity contribution >= 4 is 11.7 Å². The van der Waals surface area contributed by atoms with Crippen molar-refractivity contribution in [2.75, 3.05) is 37.6 Å². The van der Waals surface area contributed by atoms with E-state index in [9.17, 15) is 4.79 Å². The normalized spacial score (nSPS) is 22.3. The Labute approximate surface area is 138 Å². The van der Waals surface area contributed by atoms with Crippen LogP contribution in [0.2, 0.25) is 0 Å². The average Bonchev–Trinajstić information content (AvgIpc) is 3.14. The highest BCUT2D eigenvalue weighted by Crippen LogP contribution is 2.17. The summed E-state index contributed by atoms with van der Waals surface area (Å²) >= 11 is 0. The first kappa shape index (κ1) is 16.2. The van der Waals surface area contributed by atoms with Crippen molar-refractivity contribution in [3.63, 3.8) is 0 Å². The van der Waals surface area contributed by atoms with Crippen LogP contribution in [-0.4, -0.2) is 59.8 Å². The third kappa shape index (κ3) is 3.99. The van der Waals surface area contributed by atoms with Gasteiger partial charge in [0.05, 0.1) is 0 Å². The van der Waals surface area contributed by atoms with Crippen LogP contribution >= 0.6 is 0 Å². The van der Waals surface area contributed by atoms with Crippen molar-refractivity contribution in [3.8, 4) is 0 Å². The van der Waals surface area contributed by atoms with Gasteiger partial charge in [-0.15, -0.1) is 10.2 Å². The van der Waals surface area contributed by atoms with Crippen LogP contribution in [0.5, 0.6) is 0 Å². The van der Waals surface area contributed by atoms with E-state index in [0.717, 1.165) is 38.4 Å². The van der Waals surface area contributed by atoms with Gasteiger partial charge in [0, 0.05) is 25.7 Å². The number of carbonyl (C=O) groups is 1. The van der Waals surface area contributed by atoms with Gasteiger partial charge in [0.25, 0.3) is 5.91 Å². The zero-order chi connectivity index (χ0) is 16.1. The van der Waals surface area contributed by atoms with Gasteiger partial charge in [-0.2, -0.15) is 0 Å². The fraction of sp³-hybridized carbons (Fsp3) is 0.706. The number of rotatable bonds is 5. The predicted molar refractivity (Wildman–Crippen MR) is 90.7 cm³/mol. The Morgan fingerprint density at radius 3 is 2.65 bits per heavy atom. The quantitative estimate of drug-likeness (QED) is 0.895. The van der Waals surface area contributed by atoms with Gasteiger partial charge < -0.3 is 10.2 Å². The van der Waals surface area contributed by atoms with Crippen LogP contribution in [0.4, 0.5) is 5.82 Å². The van der Waals surface area contributed by atoms with Crippen LogP contribution in [-0.2, 0) is 0 Å². The fourth-order valence-corrected chi connectivity index (χ4v) is 3.57. The lowest BCUT2D eigenvalue weighted by atomic mass is 10.0. The van der Waals surface area contributed by atoms with Gasteiger partial charge in [0.1, 0.15) is 0 Å². The Kier molecular flexibility index (Phi) is 5.43. The molecule has 2 aliphatic heterocycles. The van der Waals surface area contributed by atoms with E-state index in [1.165, 1.54) is 25.7 Å². The minimum Gasteiger partial charge on any atom is -0.355 e. The van der Waals surface area contributed by atoms with Gasteiger partial charge in [0.15, 0.2) is 11.5 Å². The summed E-state index contributed by atoms with van der Waals surface area (Å²) in [6, 6.07) is 4.15. The number of hydrogen-bond acceptors (Lipinski definition) is 5. The molecule has 1 amide bonds. The predicted octanol–water partition coefficient (Wildman–Crippen LogP) is 1.68. The second-order valence-electron chi connectivity index (χ2n) is 6.46. The van der Waals surface area contributed by atoms with E-state index in [-0.39, 0.29) is 5.91 Å². The summed E-state index contributed by atoms with van der Waals surface area (Å²) in [5.41, 5.74) is 0.409. The number of anilines is 1. The van der Waals surface area contributed by atoms with Crippen LogP contribution in [0.25, 0.3) is 0 Å². The fourth-order valence-electron chi connectivity index (χ4n) is 3.57. The molecule has 2 saturated heterocycles. The van der Waals surface area contributed by atoms with E-state index < -0.39 is 0 Å². The number of likely N-dealkylation sites (tertiary alicyclic amines) is 1. The van der Waals surface area contributed by atoms with Gasteiger partial charge in [0.2, 0.25) is 0 Å². The van der Waals surface area contributed by atoms with Gasteiger partial charge >= 0.3 is 0 Å². The van der Waals surface area contributed by atoms with E-state index >= 15 is 0 Å². The molecule has 1 N–H and O–H groups in total. The number of nitrogens with zero attached hydrogens (tertiary/aromatic N) is 4. The summed E-state index contributed by atoms with van der Waals surface area (Å²) in [5, 5.41) is 11.3. The number of carbonyl (C=O) groups excluding carboxylic acids is 1. The summed E-state index contributed by atoms with van der Waals surface area (Å²) in [5.74, 6) is 0.760. The highest BCUT2D eigenvalue weighted by atomic mass is 16.1. The number of amides is 1. The Hall–Kier alpha value is -1.69. The third-order valence-electron chi connectivity index (χ3n) is 4.97. The summed E-state index contributed by atoms with van der Waals surface area (Å²) in [6.07, 6.45) is 6.09. The average molecular weight is 317 g/mol. The first-order chi connectivity index (χ1) is 11.3. The molecule has 3 heterocycles. The molecule has 0 saturated carbocycles. The van der Waals surface area contributed by atoms with Crippen molar-refractivity contribution in [2.45, 2.75) is 45.1 Å². The molecule has 0 radical (unpaired) electrons. The molecule has 2 aliphatic rings. The minimum absolute atomic E-state index is 0.118. The summed E-state index contributed by atoms with van der Waals surface area (Å²) in [6.45, 7) is 7.14. The van der Waals surface area contributed by atoms with Crippen LogP contribution in [0.15, 0.2) is 12.1 Å². The number of nitrogens with one attached hydrogen (secondary N) is 1. The van der Waals surface area contributed by atoms with Crippen LogP contribution < -0.4 is 10.2 Å². The molecule has 23 heavy (non-hydrogen) atoms. The maximum Gasteiger partial charge on any atom is 0.271 e. The van der Waals surface area contributed by atoms with Crippen molar-refractivity contribution in [3.05, 3.63) is 17.8 Å². The Bertz CT molecular complexity index is 512. The molecule has 0 bridgehead atoms. The van der Waals surface area contributed by atoms with Crippen molar-refractivity contribution in [2.24, 2.45) is 0 Å². The molecule has 1 aromatic heterocycles. The molecule has 3 rings (SSSR count). The molecule has 6 heteroatoms. The van der Waals surface area contributed by atoms with E-state index in [2.05, 4.69) is 32.2 Å². The van der Waals surface area contributed by atoms with Gasteiger partial charge in [-0.05, 0) is 50.9 Å². The molecule has 126 valence electrons.